The molecule has 0 spiro atoms. The monoisotopic (exact) mass is 208 g/mol. The number of anilines is 1. The van der Waals surface area contributed by atoms with Crippen LogP contribution < -0.4 is 10.6 Å². The fourth-order valence-electron chi connectivity index (χ4n) is 2.14. The summed E-state index contributed by atoms with van der Waals surface area (Å²) in [6.45, 7) is 4.02. The number of hydrogen-bond donors (Lipinski definition) is 1. The second-order valence-electron chi connectivity index (χ2n) is 4.19. The minimum atomic E-state index is -0.203. The number of rotatable bonds is 2. The van der Waals surface area contributed by atoms with Crippen LogP contribution in [0.25, 0.3) is 0 Å². The summed E-state index contributed by atoms with van der Waals surface area (Å²) in [6.07, 6.45) is 2.44. The van der Waals surface area contributed by atoms with Crippen molar-refractivity contribution in [2.24, 2.45) is 5.73 Å². The first-order valence-electron chi connectivity index (χ1n) is 5.48. The Morgan fingerprint density at radius 2 is 2.00 bits per heavy atom. The zero-order valence-corrected chi connectivity index (χ0v) is 9.04. The van der Waals surface area contributed by atoms with Crippen LogP contribution in [-0.2, 0) is 0 Å². The van der Waals surface area contributed by atoms with Crippen molar-refractivity contribution in [1.82, 2.24) is 0 Å². The Labute approximate surface area is 89.9 Å². The first-order valence-corrected chi connectivity index (χ1v) is 5.48. The molecule has 1 fully saturated rings. The Morgan fingerprint density at radius 3 is 2.60 bits per heavy atom. The molecule has 3 heteroatoms. The van der Waals surface area contributed by atoms with Gasteiger partial charge in [-0.25, -0.2) is 4.39 Å². The molecule has 2 rings (SSSR count). The summed E-state index contributed by atoms with van der Waals surface area (Å²) in [7, 11) is 0. The van der Waals surface area contributed by atoms with Crippen LogP contribution in [0.2, 0.25) is 0 Å². The van der Waals surface area contributed by atoms with Gasteiger partial charge in [0, 0.05) is 24.8 Å². The molecule has 82 valence electrons. The second-order valence-corrected chi connectivity index (χ2v) is 4.19. The van der Waals surface area contributed by atoms with Crippen molar-refractivity contribution in [2.75, 3.05) is 18.0 Å². The van der Waals surface area contributed by atoms with Crippen LogP contribution in [0.1, 0.15) is 31.4 Å². The third-order valence-electron chi connectivity index (χ3n) is 2.93. The number of halogens is 1. The van der Waals surface area contributed by atoms with Crippen molar-refractivity contribution < 1.29 is 4.39 Å². The minimum Gasteiger partial charge on any atom is -0.371 e. The highest BCUT2D eigenvalue weighted by atomic mass is 19.1. The second kappa shape index (κ2) is 4.19. The van der Waals surface area contributed by atoms with Gasteiger partial charge in [-0.3, -0.25) is 0 Å². The molecular weight excluding hydrogens is 191 g/mol. The first kappa shape index (κ1) is 10.4. The highest BCUT2D eigenvalue weighted by Crippen LogP contribution is 2.28. The molecule has 1 aliphatic rings. The van der Waals surface area contributed by atoms with Crippen LogP contribution in [0, 0.1) is 5.82 Å². The Balaban J connectivity index is 2.36. The highest BCUT2D eigenvalue weighted by Gasteiger charge is 2.17. The maximum Gasteiger partial charge on any atom is 0.123 e. The predicted octanol–water partition coefficient (Wildman–Crippen LogP) is 2.45. The van der Waals surface area contributed by atoms with E-state index < -0.39 is 0 Å². The first-order chi connectivity index (χ1) is 7.18. The molecule has 15 heavy (non-hydrogen) atoms. The van der Waals surface area contributed by atoms with Gasteiger partial charge in [-0.1, -0.05) is 0 Å². The lowest BCUT2D eigenvalue weighted by Crippen LogP contribution is -2.21. The lowest BCUT2D eigenvalue weighted by molar-refractivity contribution is 0.622. The molecule has 0 saturated carbocycles. The number of nitrogens with two attached hydrogens (primary N) is 1. The van der Waals surface area contributed by atoms with Gasteiger partial charge >= 0.3 is 0 Å². The van der Waals surface area contributed by atoms with Gasteiger partial charge in [0.2, 0.25) is 0 Å². The fourth-order valence-corrected chi connectivity index (χ4v) is 2.14. The van der Waals surface area contributed by atoms with Crippen LogP contribution in [0.5, 0.6) is 0 Å². The summed E-state index contributed by atoms with van der Waals surface area (Å²) < 4.78 is 13.1. The molecule has 1 aromatic rings. The molecule has 1 aliphatic heterocycles. The average molecular weight is 208 g/mol. The number of nitrogens with zero attached hydrogens (tertiary/aromatic N) is 1. The van der Waals surface area contributed by atoms with Gasteiger partial charge < -0.3 is 10.6 Å². The Hall–Kier alpha value is -1.09. The average Bonchev–Trinajstić information content (AvgIpc) is 2.70. The topological polar surface area (TPSA) is 29.3 Å². The largest absolute Gasteiger partial charge is 0.371 e. The Bertz CT molecular complexity index is 343. The standard InChI is InChI=1S/C12H17FN2/c1-9(14)11-8-10(13)4-5-12(11)15-6-2-3-7-15/h4-5,8-9H,2-3,6-7,14H2,1H3. The smallest absolute Gasteiger partial charge is 0.123 e. The molecule has 0 bridgehead atoms. The van der Waals surface area contributed by atoms with Crippen LogP contribution >= 0.6 is 0 Å². The summed E-state index contributed by atoms with van der Waals surface area (Å²) in [5.41, 5.74) is 7.87. The summed E-state index contributed by atoms with van der Waals surface area (Å²) in [5, 5.41) is 0. The molecular formula is C12H17FN2. The Kier molecular flexibility index (Phi) is 2.91. The van der Waals surface area contributed by atoms with Crippen LogP contribution in [0.3, 0.4) is 0 Å². The summed E-state index contributed by atoms with van der Waals surface area (Å²) >= 11 is 0. The van der Waals surface area contributed by atoms with E-state index in [1.54, 1.807) is 6.07 Å². The van der Waals surface area contributed by atoms with Gasteiger partial charge in [0.15, 0.2) is 0 Å². The van der Waals surface area contributed by atoms with E-state index >= 15 is 0 Å². The van der Waals surface area contributed by atoms with Crippen molar-refractivity contribution in [1.29, 1.82) is 0 Å². The van der Waals surface area contributed by atoms with Gasteiger partial charge in [0.1, 0.15) is 5.82 Å². The highest BCUT2D eigenvalue weighted by molar-refractivity contribution is 5.55. The van der Waals surface area contributed by atoms with E-state index in [4.69, 9.17) is 5.73 Å². The molecule has 1 saturated heterocycles. The van der Waals surface area contributed by atoms with Crippen LogP contribution in [0.15, 0.2) is 18.2 Å². The summed E-state index contributed by atoms with van der Waals surface area (Å²) in [5.74, 6) is -0.203. The molecule has 1 unspecified atom stereocenters. The van der Waals surface area contributed by atoms with E-state index in [-0.39, 0.29) is 11.9 Å². The molecule has 2 nitrogen and oxygen atoms in total. The van der Waals surface area contributed by atoms with Crippen molar-refractivity contribution >= 4 is 5.69 Å². The zero-order chi connectivity index (χ0) is 10.8. The van der Waals surface area contributed by atoms with Crippen LogP contribution in [-0.4, -0.2) is 13.1 Å². The predicted molar refractivity (Wildman–Crippen MR) is 60.4 cm³/mol. The zero-order valence-electron chi connectivity index (χ0n) is 9.04. The maximum atomic E-state index is 13.1. The third-order valence-corrected chi connectivity index (χ3v) is 2.93. The normalized spacial score (nSPS) is 18.2. The SMILES string of the molecule is CC(N)c1cc(F)ccc1N1CCCC1. The van der Waals surface area contributed by atoms with Gasteiger partial charge in [-0.15, -0.1) is 0 Å². The van der Waals surface area contributed by atoms with Crippen molar-refractivity contribution in [3.05, 3.63) is 29.6 Å². The van der Waals surface area contributed by atoms with E-state index in [1.165, 1.54) is 18.9 Å². The molecule has 2 N–H and O–H groups in total. The summed E-state index contributed by atoms with van der Waals surface area (Å²) in [6, 6.07) is 4.80. The Morgan fingerprint density at radius 1 is 1.33 bits per heavy atom. The van der Waals surface area contributed by atoms with Gasteiger partial charge in [0.25, 0.3) is 0 Å². The van der Waals surface area contributed by atoms with E-state index in [1.807, 2.05) is 13.0 Å². The van der Waals surface area contributed by atoms with Crippen LogP contribution in [0.4, 0.5) is 10.1 Å². The van der Waals surface area contributed by atoms with E-state index in [0.29, 0.717) is 0 Å². The number of benzene rings is 1. The maximum absolute atomic E-state index is 13.1. The molecule has 0 aromatic heterocycles. The molecule has 1 aromatic carbocycles. The molecule has 1 heterocycles. The minimum absolute atomic E-state index is 0.115. The van der Waals surface area contributed by atoms with Gasteiger partial charge in [-0.05, 0) is 43.5 Å². The summed E-state index contributed by atoms with van der Waals surface area (Å²) in [4.78, 5) is 2.29. The van der Waals surface area contributed by atoms with E-state index in [0.717, 1.165) is 24.3 Å². The quantitative estimate of drug-likeness (QED) is 0.808. The number of hydrogen-bond acceptors (Lipinski definition) is 2. The lowest BCUT2D eigenvalue weighted by Gasteiger charge is -2.23. The molecule has 0 radical (unpaired) electrons. The molecule has 0 amide bonds. The third kappa shape index (κ3) is 2.12. The van der Waals surface area contributed by atoms with Gasteiger partial charge in [-0.2, -0.15) is 0 Å². The fraction of sp³-hybridized carbons (Fsp3) is 0.500. The van der Waals surface area contributed by atoms with Crippen molar-refractivity contribution in [2.45, 2.75) is 25.8 Å². The van der Waals surface area contributed by atoms with E-state index in [2.05, 4.69) is 4.90 Å². The molecule has 1 atom stereocenters. The van der Waals surface area contributed by atoms with Crippen molar-refractivity contribution in [3.63, 3.8) is 0 Å². The van der Waals surface area contributed by atoms with E-state index in [9.17, 15) is 4.39 Å². The van der Waals surface area contributed by atoms with Crippen molar-refractivity contribution in [3.8, 4) is 0 Å². The molecule has 0 aliphatic carbocycles. The van der Waals surface area contributed by atoms with Gasteiger partial charge in [0.05, 0.1) is 0 Å². The lowest BCUT2D eigenvalue weighted by atomic mass is 10.1.